The molecule has 0 unspecified atom stereocenters. The molecule has 101 heavy (non-hydrogen) atoms. The van der Waals surface area contributed by atoms with Crippen LogP contribution in [0, 0.1) is 0 Å². The average Bonchev–Trinajstić information content (AvgIpc) is 1.60. The maximum atomic E-state index is 5.62. The van der Waals surface area contributed by atoms with Gasteiger partial charge in [-0.15, -0.1) is 22.7 Å². The number of nitrogens with zero attached hydrogens (tertiary/aromatic N) is 7. The fraction of sp³-hybridized carbons (Fsp3) is 0. The van der Waals surface area contributed by atoms with Crippen molar-refractivity contribution < 1.29 is 0 Å². The van der Waals surface area contributed by atoms with Gasteiger partial charge >= 0.3 is 0 Å². The highest BCUT2D eigenvalue weighted by molar-refractivity contribution is 7.26. The zero-order valence-electron chi connectivity index (χ0n) is 54.2. The van der Waals surface area contributed by atoms with E-state index in [1.54, 1.807) is 0 Å². The molecule has 0 N–H and O–H groups in total. The van der Waals surface area contributed by atoms with Crippen LogP contribution < -0.4 is 0 Å². The van der Waals surface area contributed by atoms with Crippen molar-refractivity contribution in [3.63, 3.8) is 0 Å². The van der Waals surface area contributed by atoms with Gasteiger partial charge in [0.25, 0.3) is 0 Å². The van der Waals surface area contributed by atoms with E-state index >= 15 is 0 Å². The Balaban J connectivity index is 0.639. The maximum Gasteiger partial charge on any atom is 0.235 e. The maximum absolute atomic E-state index is 5.62. The van der Waals surface area contributed by atoms with Gasteiger partial charge in [0.2, 0.25) is 11.9 Å². The molecule has 7 nitrogen and oxygen atoms in total. The van der Waals surface area contributed by atoms with Crippen LogP contribution in [0.1, 0.15) is 0 Å². The highest BCUT2D eigenvalue weighted by atomic mass is 32.1. The second-order valence-corrected chi connectivity index (χ2v) is 28.2. The SMILES string of the molecule is c1cc(-c2ccc(-c3ccnc(-n4c5ccccc5c5cc(-c6cccc7c6sc6ccccc67)ccc54)n3)cc2)cc(-c2cccc(-c3cc(-c4cccc(-n5c6ccccc6c6ccccc65)c4)nc(-n4c5ccccc5c5cc(-c6cccc7c6sc6ccccc67)ccc54)n3)c2)c1. The lowest BCUT2D eigenvalue weighted by Crippen LogP contribution is -2.04. The number of thiophene rings is 2. The number of hydrogen-bond acceptors (Lipinski definition) is 6. The number of rotatable bonds is 10. The van der Waals surface area contributed by atoms with Gasteiger partial charge in [0.1, 0.15) is 0 Å². The third-order valence-corrected chi connectivity index (χ3v) is 22.8. The minimum absolute atomic E-state index is 0.595. The van der Waals surface area contributed by atoms with Crippen molar-refractivity contribution in [2.24, 2.45) is 0 Å². The lowest BCUT2D eigenvalue weighted by molar-refractivity contribution is 0.992. The van der Waals surface area contributed by atoms with Crippen molar-refractivity contribution in [1.29, 1.82) is 0 Å². The van der Waals surface area contributed by atoms with Crippen LogP contribution in [0.4, 0.5) is 0 Å². The molecule has 470 valence electrons. The minimum atomic E-state index is 0.595. The molecule has 21 rings (SSSR count). The third-order valence-electron chi connectivity index (χ3n) is 20.4. The van der Waals surface area contributed by atoms with E-state index in [2.05, 4.69) is 335 Å². The van der Waals surface area contributed by atoms with E-state index in [-0.39, 0.29) is 0 Å². The van der Waals surface area contributed by atoms with Crippen LogP contribution in [-0.4, -0.2) is 33.6 Å². The lowest BCUT2D eigenvalue weighted by atomic mass is 9.96. The van der Waals surface area contributed by atoms with Crippen molar-refractivity contribution in [2.75, 3.05) is 0 Å². The molecular weight excluding hydrogens is 1270 g/mol. The first-order valence-electron chi connectivity index (χ1n) is 34.1. The van der Waals surface area contributed by atoms with Crippen LogP contribution in [0.15, 0.2) is 334 Å². The molecule has 7 heterocycles. The summed E-state index contributed by atoms with van der Waals surface area (Å²) in [6.07, 6.45) is 1.88. The summed E-state index contributed by atoms with van der Waals surface area (Å²) in [7, 11) is 0. The third kappa shape index (κ3) is 9.25. The minimum Gasteiger partial charge on any atom is -0.309 e. The van der Waals surface area contributed by atoms with Crippen molar-refractivity contribution in [1.82, 2.24) is 33.6 Å². The van der Waals surface area contributed by atoms with Crippen molar-refractivity contribution in [3.8, 4) is 95.9 Å². The highest BCUT2D eigenvalue weighted by Crippen LogP contribution is 2.45. The van der Waals surface area contributed by atoms with Gasteiger partial charge in [0, 0.05) is 101 Å². The molecular formula is C92H55N7S2. The van der Waals surface area contributed by atoms with Gasteiger partial charge in [-0.2, -0.15) is 0 Å². The highest BCUT2D eigenvalue weighted by Gasteiger charge is 2.23. The Morgan fingerprint density at radius 2 is 0.604 bits per heavy atom. The van der Waals surface area contributed by atoms with Crippen LogP contribution in [-0.2, 0) is 0 Å². The molecule has 9 heteroatoms. The molecule has 0 aliphatic rings. The van der Waals surface area contributed by atoms with Crippen LogP contribution in [0.2, 0.25) is 0 Å². The lowest BCUT2D eigenvalue weighted by Gasteiger charge is -2.14. The van der Waals surface area contributed by atoms with E-state index in [9.17, 15) is 0 Å². The molecule has 0 aliphatic heterocycles. The van der Waals surface area contributed by atoms with E-state index in [1.807, 2.05) is 34.9 Å². The normalized spacial score (nSPS) is 12.0. The summed E-state index contributed by atoms with van der Waals surface area (Å²) in [5.41, 5.74) is 22.3. The molecule has 14 aromatic carbocycles. The second kappa shape index (κ2) is 22.8. The monoisotopic (exact) mass is 1320 g/mol. The number of hydrogen-bond donors (Lipinski definition) is 0. The Labute approximate surface area is 587 Å². The Kier molecular flexibility index (Phi) is 12.9. The molecule has 0 amide bonds. The van der Waals surface area contributed by atoms with Crippen LogP contribution in [0.3, 0.4) is 0 Å². The molecule has 0 spiro atoms. The predicted octanol–water partition coefficient (Wildman–Crippen LogP) is 25.0. The Morgan fingerprint density at radius 1 is 0.218 bits per heavy atom. The van der Waals surface area contributed by atoms with E-state index in [0.717, 1.165) is 116 Å². The first kappa shape index (κ1) is 57.2. The molecule has 0 saturated carbocycles. The van der Waals surface area contributed by atoms with E-state index in [1.165, 1.54) is 73.4 Å². The molecule has 0 fully saturated rings. The quantitative estimate of drug-likeness (QED) is 0.137. The number of aromatic nitrogens is 7. The molecule has 0 saturated heterocycles. The fourth-order valence-corrected chi connectivity index (χ4v) is 18.2. The zero-order chi connectivity index (χ0) is 66.2. The smallest absolute Gasteiger partial charge is 0.235 e. The predicted molar refractivity (Wildman–Crippen MR) is 424 cm³/mol. The fourth-order valence-electron chi connectivity index (χ4n) is 15.7. The van der Waals surface area contributed by atoms with Gasteiger partial charge in [0.05, 0.1) is 50.2 Å². The summed E-state index contributed by atoms with van der Waals surface area (Å²) >= 11 is 3.72. The van der Waals surface area contributed by atoms with Crippen molar-refractivity contribution >= 4 is 128 Å². The summed E-state index contributed by atoms with van der Waals surface area (Å²) in [5.74, 6) is 1.22. The molecule has 0 bridgehead atoms. The first-order valence-corrected chi connectivity index (χ1v) is 35.7. The number of fused-ring (bicyclic) bond motifs is 15. The van der Waals surface area contributed by atoms with Crippen LogP contribution in [0.5, 0.6) is 0 Å². The average molecular weight is 1320 g/mol. The molecule has 7 aromatic heterocycles. The molecule has 0 radical (unpaired) electrons. The zero-order valence-corrected chi connectivity index (χ0v) is 55.8. The Hall–Kier alpha value is -12.9. The van der Waals surface area contributed by atoms with Gasteiger partial charge in [-0.3, -0.25) is 9.13 Å². The summed E-state index contributed by atoms with van der Waals surface area (Å²) in [4.78, 5) is 21.5. The summed E-state index contributed by atoms with van der Waals surface area (Å²) < 4.78 is 12.0. The van der Waals surface area contributed by atoms with Gasteiger partial charge in [-0.25, -0.2) is 19.9 Å². The topological polar surface area (TPSA) is 66.3 Å². The van der Waals surface area contributed by atoms with E-state index in [0.29, 0.717) is 11.9 Å². The number of para-hydroxylation sites is 4. The van der Waals surface area contributed by atoms with Gasteiger partial charge in [0.15, 0.2) is 0 Å². The van der Waals surface area contributed by atoms with Gasteiger partial charge in [-0.1, -0.05) is 231 Å². The van der Waals surface area contributed by atoms with E-state index < -0.39 is 0 Å². The molecule has 0 atom stereocenters. The molecule has 21 aromatic rings. The second-order valence-electron chi connectivity index (χ2n) is 26.1. The first-order chi connectivity index (χ1) is 50.0. The van der Waals surface area contributed by atoms with Crippen LogP contribution >= 0.6 is 22.7 Å². The largest absolute Gasteiger partial charge is 0.309 e. The summed E-state index contributed by atoms with van der Waals surface area (Å²) in [5, 5.41) is 12.2. The van der Waals surface area contributed by atoms with E-state index in [4.69, 9.17) is 19.9 Å². The standard InChI is InChI=1S/C92H55N7S2/c1-7-34-81-68(24-1)69-25-2-8-35-82(69)97(81)65-23-15-22-64(52-65)80-55-79(95-92(96-80)99-84-37-10-4-27-71(84)77-54-62(45-47-86(77)99)67-31-17-33-75-73-29-6-12-39-88(73)101-90(67)75)63-21-14-20-60(51-63)59-19-13-18-58(50-59)56-40-42-57(43-41-56)78-48-49-93-91(94-78)98-83-36-9-3-26-70(83)76-53-61(44-46-85(76)98)66-30-16-32-74-72-28-5-11-38-87(72)100-89(66)74/h1-55H. The van der Waals surface area contributed by atoms with Crippen molar-refractivity contribution in [2.45, 2.75) is 0 Å². The number of benzene rings is 14. The summed E-state index contributed by atoms with van der Waals surface area (Å²) in [6, 6.07) is 119. The Morgan fingerprint density at radius 3 is 1.16 bits per heavy atom. The van der Waals surface area contributed by atoms with Crippen molar-refractivity contribution in [3.05, 3.63) is 334 Å². The summed E-state index contributed by atoms with van der Waals surface area (Å²) in [6.45, 7) is 0. The van der Waals surface area contributed by atoms with Gasteiger partial charge < -0.3 is 4.57 Å². The van der Waals surface area contributed by atoms with Crippen LogP contribution in [0.25, 0.3) is 202 Å². The van der Waals surface area contributed by atoms with Gasteiger partial charge in [-0.05, 0) is 142 Å². The molecule has 0 aliphatic carbocycles. The Bertz CT molecular complexity index is 6930.